The number of hydrogen-bond acceptors (Lipinski definition) is 4. The van der Waals surface area contributed by atoms with Gasteiger partial charge in [-0.2, -0.15) is 0 Å². The summed E-state index contributed by atoms with van der Waals surface area (Å²) in [5.41, 5.74) is 0.875. The van der Waals surface area contributed by atoms with Gasteiger partial charge in [-0.05, 0) is 19.5 Å². The van der Waals surface area contributed by atoms with Crippen molar-refractivity contribution < 1.29 is 5.11 Å². The monoisotopic (exact) mass is 259 g/mol. The Morgan fingerprint density at radius 2 is 1.74 bits per heavy atom. The highest BCUT2D eigenvalue weighted by Crippen LogP contribution is 2.26. The standard InChI is InChI=1S/C15H21N3O/c1-17(2)8-9-18(3)15-14-7-5-4-6-13(14)12(11-19)10-16-15/h4-7,10,19H,8-9,11H2,1-3H3. The summed E-state index contributed by atoms with van der Waals surface area (Å²) >= 11 is 0. The minimum atomic E-state index is 0.0230. The van der Waals surface area contributed by atoms with E-state index in [2.05, 4.69) is 42.0 Å². The average molecular weight is 259 g/mol. The summed E-state index contributed by atoms with van der Waals surface area (Å²) in [7, 11) is 6.18. The molecule has 19 heavy (non-hydrogen) atoms. The van der Waals surface area contributed by atoms with E-state index in [1.54, 1.807) is 6.20 Å². The summed E-state index contributed by atoms with van der Waals surface area (Å²) in [5, 5.41) is 11.5. The van der Waals surface area contributed by atoms with Gasteiger partial charge in [0.2, 0.25) is 0 Å². The minimum Gasteiger partial charge on any atom is -0.392 e. The quantitative estimate of drug-likeness (QED) is 0.887. The van der Waals surface area contributed by atoms with E-state index >= 15 is 0 Å². The number of fused-ring (bicyclic) bond motifs is 1. The van der Waals surface area contributed by atoms with Crippen LogP contribution in [0, 0.1) is 0 Å². The zero-order valence-corrected chi connectivity index (χ0v) is 11.8. The molecule has 4 heteroatoms. The third-order valence-electron chi connectivity index (χ3n) is 3.27. The molecular formula is C15H21N3O. The molecule has 0 saturated heterocycles. The second kappa shape index (κ2) is 5.99. The fourth-order valence-corrected chi connectivity index (χ4v) is 2.12. The fraction of sp³-hybridized carbons (Fsp3) is 0.400. The van der Waals surface area contributed by atoms with Gasteiger partial charge in [-0.25, -0.2) is 4.98 Å². The van der Waals surface area contributed by atoms with Crippen molar-refractivity contribution in [2.75, 3.05) is 39.1 Å². The Kier molecular flexibility index (Phi) is 4.35. The van der Waals surface area contributed by atoms with Gasteiger partial charge >= 0.3 is 0 Å². The molecule has 2 aromatic rings. The van der Waals surface area contributed by atoms with Crippen LogP contribution < -0.4 is 4.90 Å². The predicted octanol–water partition coefficient (Wildman–Crippen LogP) is 1.72. The van der Waals surface area contributed by atoms with E-state index in [-0.39, 0.29) is 6.61 Å². The first-order valence-corrected chi connectivity index (χ1v) is 6.47. The lowest BCUT2D eigenvalue weighted by Gasteiger charge is -2.22. The molecule has 1 heterocycles. The highest BCUT2D eigenvalue weighted by Gasteiger charge is 2.10. The Labute approximate surface area is 114 Å². The molecule has 0 aliphatic carbocycles. The van der Waals surface area contributed by atoms with Crippen LogP contribution in [0.1, 0.15) is 5.56 Å². The minimum absolute atomic E-state index is 0.0230. The maximum absolute atomic E-state index is 9.38. The highest BCUT2D eigenvalue weighted by molar-refractivity contribution is 5.94. The number of aliphatic hydroxyl groups excluding tert-OH is 1. The van der Waals surface area contributed by atoms with E-state index in [1.807, 2.05) is 18.2 Å². The number of anilines is 1. The summed E-state index contributed by atoms with van der Waals surface area (Å²) in [5.74, 6) is 0.967. The molecule has 4 nitrogen and oxygen atoms in total. The van der Waals surface area contributed by atoms with Crippen molar-refractivity contribution in [3.8, 4) is 0 Å². The summed E-state index contributed by atoms with van der Waals surface area (Å²) in [4.78, 5) is 8.81. The van der Waals surface area contributed by atoms with Gasteiger partial charge in [0.1, 0.15) is 5.82 Å². The van der Waals surface area contributed by atoms with Crippen LogP contribution >= 0.6 is 0 Å². The lowest BCUT2D eigenvalue weighted by Crippen LogP contribution is -2.29. The Hall–Kier alpha value is -1.65. The van der Waals surface area contributed by atoms with Gasteiger partial charge in [0.05, 0.1) is 6.61 Å². The molecule has 0 unspecified atom stereocenters. The molecule has 102 valence electrons. The molecule has 1 aromatic carbocycles. The van der Waals surface area contributed by atoms with Crippen molar-refractivity contribution in [3.05, 3.63) is 36.0 Å². The Morgan fingerprint density at radius 3 is 2.37 bits per heavy atom. The van der Waals surface area contributed by atoms with Crippen LogP contribution in [-0.2, 0) is 6.61 Å². The topological polar surface area (TPSA) is 39.6 Å². The van der Waals surface area contributed by atoms with Crippen LogP contribution in [0.5, 0.6) is 0 Å². The number of aromatic nitrogens is 1. The van der Waals surface area contributed by atoms with Crippen molar-refractivity contribution >= 4 is 16.6 Å². The van der Waals surface area contributed by atoms with Gasteiger partial charge in [0, 0.05) is 37.3 Å². The molecule has 0 fully saturated rings. The molecule has 0 aliphatic rings. The van der Waals surface area contributed by atoms with E-state index in [4.69, 9.17) is 0 Å². The number of likely N-dealkylation sites (N-methyl/N-ethyl adjacent to an activating group) is 2. The van der Waals surface area contributed by atoms with Crippen molar-refractivity contribution in [1.29, 1.82) is 0 Å². The van der Waals surface area contributed by atoms with Crippen molar-refractivity contribution in [3.63, 3.8) is 0 Å². The maximum atomic E-state index is 9.38. The number of benzene rings is 1. The third kappa shape index (κ3) is 3.03. The largest absolute Gasteiger partial charge is 0.392 e. The SMILES string of the molecule is CN(C)CCN(C)c1ncc(CO)c2ccccc12. The van der Waals surface area contributed by atoms with Crippen LogP contribution in [0.25, 0.3) is 10.8 Å². The second-order valence-corrected chi connectivity index (χ2v) is 5.04. The molecular weight excluding hydrogens is 238 g/mol. The zero-order valence-electron chi connectivity index (χ0n) is 11.8. The van der Waals surface area contributed by atoms with E-state index < -0.39 is 0 Å². The number of aliphatic hydroxyl groups is 1. The fourth-order valence-electron chi connectivity index (χ4n) is 2.12. The zero-order chi connectivity index (χ0) is 13.8. The molecule has 0 atom stereocenters. The smallest absolute Gasteiger partial charge is 0.136 e. The number of rotatable bonds is 5. The van der Waals surface area contributed by atoms with E-state index in [9.17, 15) is 5.11 Å². The molecule has 0 amide bonds. The first-order valence-electron chi connectivity index (χ1n) is 6.47. The van der Waals surface area contributed by atoms with Crippen molar-refractivity contribution in [2.45, 2.75) is 6.61 Å². The lowest BCUT2D eigenvalue weighted by molar-refractivity contribution is 0.283. The molecule has 0 radical (unpaired) electrons. The molecule has 1 aromatic heterocycles. The molecule has 0 bridgehead atoms. The van der Waals surface area contributed by atoms with Crippen LogP contribution in [0.15, 0.2) is 30.5 Å². The van der Waals surface area contributed by atoms with Crippen molar-refractivity contribution in [2.24, 2.45) is 0 Å². The van der Waals surface area contributed by atoms with Crippen LogP contribution in [0.4, 0.5) is 5.82 Å². The normalized spacial score (nSPS) is 11.2. The second-order valence-electron chi connectivity index (χ2n) is 5.04. The van der Waals surface area contributed by atoms with E-state index in [1.165, 1.54) is 0 Å². The molecule has 0 aliphatic heterocycles. The molecule has 0 spiro atoms. The van der Waals surface area contributed by atoms with Gasteiger partial charge in [-0.3, -0.25) is 0 Å². The molecule has 2 rings (SSSR count). The van der Waals surface area contributed by atoms with Gasteiger partial charge in [-0.15, -0.1) is 0 Å². The molecule has 1 N–H and O–H groups in total. The summed E-state index contributed by atoms with van der Waals surface area (Å²) < 4.78 is 0. The van der Waals surface area contributed by atoms with Crippen LogP contribution in [0.2, 0.25) is 0 Å². The Bertz CT molecular complexity index is 554. The number of nitrogens with zero attached hydrogens (tertiary/aromatic N) is 3. The van der Waals surface area contributed by atoms with Crippen molar-refractivity contribution in [1.82, 2.24) is 9.88 Å². The maximum Gasteiger partial charge on any atom is 0.136 e. The summed E-state index contributed by atoms with van der Waals surface area (Å²) in [6.07, 6.45) is 1.77. The van der Waals surface area contributed by atoms with Crippen LogP contribution in [0.3, 0.4) is 0 Å². The highest BCUT2D eigenvalue weighted by atomic mass is 16.3. The Morgan fingerprint density at radius 1 is 1.05 bits per heavy atom. The number of pyridine rings is 1. The number of hydrogen-bond donors (Lipinski definition) is 1. The van der Waals surface area contributed by atoms with Gasteiger partial charge < -0.3 is 14.9 Å². The average Bonchev–Trinajstić information content (AvgIpc) is 2.43. The summed E-state index contributed by atoms with van der Waals surface area (Å²) in [6, 6.07) is 8.09. The third-order valence-corrected chi connectivity index (χ3v) is 3.27. The Balaban J connectivity index is 2.38. The van der Waals surface area contributed by atoms with Gasteiger partial charge in [0.25, 0.3) is 0 Å². The predicted molar refractivity (Wildman–Crippen MR) is 79.5 cm³/mol. The van der Waals surface area contributed by atoms with Crippen LogP contribution in [-0.4, -0.2) is 49.2 Å². The molecule has 0 saturated carbocycles. The first-order chi connectivity index (χ1) is 9.13. The lowest BCUT2D eigenvalue weighted by atomic mass is 10.1. The summed E-state index contributed by atoms with van der Waals surface area (Å²) in [6.45, 7) is 1.92. The van der Waals surface area contributed by atoms with E-state index in [0.29, 0.717) is 0 Å². The van der Waals surface area contributed by atoms with Gasteiger partial charge in [0.15, 0.2) is 0 Å². The first kappa shape index (κ1) is 13.8. The van der Waals surface area contributed by atoms with Gasteiger partial charge in [-0.1, -0.05) is 24.3 Å². The van der Waals surface area contributed by atoms with E-state index in [0.717, 1.165) is 35.2 Å².